The van der Waals surface area contributed by atoms with E-state index in [1.807, 2.05) is 30.3 Å². The number of allylic oxidation sites excluding steroid dienone is 2. The van der Waals surface area contributed by atoms with Crippen molar-refractivity contribution in [1.82, 2.24) is 0 Å². The summed E-state index contributed by atoms with van der Waals surface area (Å²) >= 11 is 0. The van der Waals surface area contributed by atoms with Gasteiger partial charge < -0.3 is 9.47 Å². The number of hydrogen-bond acceptors (Lipinski definition) is 4. The zero-order valence-corrected chi connectivity index (χ0v) is 11.8. The van der Waals surface area contributed by atoms with Gasteiger partial charge in [-0.25, -0.2) is 4.79 Å². The molecule has 0 saturated heterocycles. The van der Waals surface area contributed by atoms with Crippen molar-refractivity contribution >= 4 is 12.0 Å². The third kappa shape index (κ3) is 4.62. The highest BCUT2D eigenvalue weighted by atomic mass is 16.5. The minimum absolute atomic E-state index is 0.0372. The van der Waals surface area contributed by atoms with Crippen LogP contribution in [0.5, 0.6) is 5.75 Å². The van der Waals surface area contributed by atoms with Gasteiger partial charge in [0.2, 0.25) is 0 Å². The second-order valence-electron chi connectivity index (χ2n) is 4.25. The molecule has 104 valence electrons. The van der Waals surface area contributed by atoms with Crippen LogP contribution in [0.15, 0.2) is 42.0 Å². The number of benzene rings is 1. The van der Waals surface area contributed by atoms with Gasteiger partial charge in [0.1, 0.15) is 17.4 Å². The van der Waals surface area contributed by atoms with E-state index in [0.29, 0.717) is 0 Å². The van der Waals surface area contributed by atoms with Crippen molar-refractivity contribution in [3.63, 3.8) is 0 Å². The van der Waals surface area contributed by atoms with E-state index in [-0.39, 0.29) is 11.7 Å². The Morgan fingerprint density at radius 1 is 1.35 bits per heavy atom. The van der Waals surface area contributed by atoms with Crippen molar-refractivity contribution in [1.29, 1.82) is 5.26 Å². The molecule has 0 N–H and O–H groups in total. The second-order valence-corrected chi connectivity index (χ2v) is 4.25. The molecule has 0 saturated carbocycles. The standard InChI is InChI=1S/C16H17NO3/c1-12(2)20-16(18)14(11-17)9-6-8-13-7-4-5-10-15(13)19-3/h4-10,12H,1-3H3. The van der Waals surface area contributed by atoms with Crippen molar-refractivity contribution in [2.75, 3.05) is 7.11 Å². The van der Waals surface area contributed by atoms with Crippen LogP contribution in [0, 0.1) is 11.3 Å². The van der Waals surface area contributed by atoms with Gasteiger partial charge in [0.05, 0.1) is 13.2 Å². The third-order valence-electron chi connectivity index (χ3n) is 2.36. The molecule has 0 amide bonds. The van der Waals surface area contributed by atoms with Crippen LogP contribution >= 0.6 is 0 Å². The van der Waals surface area contributed by atoms with Crippen molar-refractivity contribution in [3.8, 4) is 11.8 Å². The maximum absolute atomic E-state index is 11.6. The Morgan fingerprint density at radius 3 is 2.65 bits per heavy atom. The van der Waals surface area contributed by atoms with Gasteiger partial charge in [-0.3, -0.25) is 0 Å². The molecule has 0 atom stereocenters. The number of methoxy groups -OCH3 is 1. The van der Waals surface area contributed by atoms with Crippen LogP contribution < -0.4 is 4.74 Å². The first kappa shape index (κ1) is 15.5. The molecule has 0 fully saturated rings. The molecule has 0 aliphatic rings. The molecule has 4 nitrogen and oxygen atoms in total. The molecule has 0 aliphatic carbocycles. The summed E-state index contributed by atoms with van der Waals surface area (Å²) in [5.74, 6) is 0.104. The number of nitrogens with zero attached hydrogens (tertiary/aromatic N) is 1. The Kier molecular flexibility index (Phi) is 6.05. The zero-order chi connectivity index (χ0) is 15.0. The molecule has 0 radical (unpaired) electrons. The fourth-order valence-corrected chi connectivity index (χ4v) is 1.48. The van der Waals surface area contributed by atoms with E-state index in [9.17, 15) is 4.79 Å². The molecule has 0 aromatic heterocycles. The van der Waals surface area contributed by atoms with Crippen molar-refractivity contribution in [2.24, 2.45) is 0 Å². The number of esters is 1. The summed E-state index contributed by atoms with van der Waals surface area (Å²) < 4.78 is 10.2. The Balaban J connectivity index is 2.86. The average Bonchev–Trinajstić information content (AvgIpc) is 2.43. The Labute approximate surface area is 118 Å². The van der Waals surface area contributed by atoms with Gasteiger partial charge in [0.25, 0.3) is 0 Å². The first-order valence-corrected chi connectivity index (χ1v) is 6.21. The summed E-state index contributed by atoms with van der Waals surface area (Å²) in [4.78, 5) is 11.6. The van der Waals surface area contributed by atoms with E-state index in [2.05, 4.69) is 0 Å². The minimum atomic E-state index is -0.618. The summed E-state index contributed by atoms with van der Waals surface area (Å²) in [5.41, 5.74) is 0.825. The topological polar surface area (TPSA) is 59.3 Å². The lowest BCUT2D eigenvalue weighted by Gasteiger charge is -2.05. The lowest BCUT2D eigenvalue weighted by molar-refractivity contribution is -0.142. The van der Waals surface area contributed by atoms with E-state index in [1.165, 1.54) is 6.08 Å². The Morgan fingerprint density at radius 2 is 2.05 bits per heavy atom. The van der Waals surface area contributed by atoms with Crippen molar-refractivity contribution in [3.05, 3.63) is 47.6 Å². The van der Waals surface area contributed by atoms with Gasteiger partial charge in [-0.15, -0.1) is 0 Å². The van der Waals surface area contributed by atoms with Crippen LogP contribution in [0.25, 0.3) is 6.08 Å². The lowest BCUT2D eigenvalue weighted by Crippen LogP contribution is -2.12. The number of ether oxygens (including phenoxy) is 2. The molecule has 1 rings (SSSR count). The van der Waals surface area contributed by atoms with Crippen LogP contribution in [0.3, 0.4) is 0 Å². The summed E-state index contributed by atoms with van der Waals surface area (Å²) in [7, 11) is 1.59. The van der Waals surface area contributed by atoms with Crippen LogP contribution in [0.4, 0.5) is 0 Å². The number of carbonyl (C=O) groups is 1. The lowest BCUT2D eigenvalue weighted by atomic mass is 10.1. The van der Waals surface area contributed by atoms with Gasteiger partial charge in [-0.1, -0.05) is 30.4 Å². The highest BCUT2D eigenvalue weighted by molar-refractivity contribution is 5.93. The number of rotatable bonds is 5. The highest BCUT2D eigenvalue weighted by Crippen LogP contribution is 2.18. The van der Waals surface area contributed by atoms with Crippen molar-refractivity contribution < 1.29 is 14.3 Å². The van der Waals surface area contributed by atoms with Gasteiger partial charge in [0, 0.05) is 5.56 Å². The highest BCUT2D eigenvalue weighted by Gasteiger charge is 2.10. The molecule has 1 aromatic carbocycles. The molecule has 0 spiro atoms. The number of hydrogen-bond donors (Lipinski definition) is 0. The predicted octanol–water partition coefficient (Wildman–Crippen LogP) is 3.11. The van der Waals surface area contributed by atoms with Gasteiger partial charge in [0.15, 0.2) is 0 Å². The molecule has 1 aromatic rings. The number of carbonyl (C=O) groups excluding carboxylic acids is 1. The van der Waals surface area contributed by atoms with E-state index in [0.717, 1.165) is 11.3 Å². The van der Waals surface area contributed by atoms with E-state index < -0.39 is 5.97 Å². The maximum atomic E-state index is 11.6. The van der Waals surface area contributed by atoms with Crippen LogP contribution in [-0.2, 0) is 9.53 Å². The Bertz CT molecular complexity index is 565. The summed E-state index contributed by atoms with van der Waals surface area (Å²) in [6.07, 6.45) is 4.56. The van der Waals surface area contributed by atoms with Gasteiger partial charge in [-0.2, -0.15) is 5.26 Å². The summed E-state index contributed by atoms with van der Waals surface area (Å²) in [6.45, 7) is 3.47. The third-order valence-corrected chi connectivity index (χ3v) is 2.36. The Hall–Kier alpha value is -2.54. The molecular formula is C16H17NO3. The van der Waals surface area contributed by atoms with E-state index in [4.69, 9.17) is 14.7 Å². The summed E-state index contributed by atoms with van der Waals surface area (Å²) in [5, 5.41) is 8.93. The smallest absolute Gasteiger partial charge is 0.349 e. The first-order chi connectivity index (χ1) is 9.58. The predicted molar refractivity (Wildman–Crippen MR) is 77.0 cm³/mol. The zero-order valence-electron chi connectivity index (χ0n) is 11.8. The molecule has 0 unspecified atom stereocenters. The van der Waals surface area contributed by atoms with Crippen LogP contribution in [-0.4, -0.2) is 19.2 Å². The van der Waals surface area contributed by atoms with Crippen LogP contribution in [0.2, 0.25) is 0 Å². The molecular weight excluding hydrogens is 254 g/mol. The van der Waals surface area contributed by atoms with E-state index in [1.54, 1.807) is 33.1 Å². The minimum Gasteiger partial charge on any atom is -0.496 e. The van der Waals surface area contributed by atoms with E-state index >= 15 is 0 Å². The fourth-order valence-electron chi connectivity index (χ4n) is 1.48. The average molecular weight is 271 g/mol. The SMILES string of the molecule is COc1ccccc1C=CC=C(C#N)C(=O)OC(C)C. The fraction of sp³-hybridized carbons (Fsp3) is 0.250. The molecule has 0 bridgehead atoms. The monoisotopic (exact) mass is 271 g/mol. The van der Waals surface area contributed by atoms with Gasteiger partial charge in [-0.05, 0) is 26.0 Å². The maximum Gasteiger partial charge on any atom is 0.349 e. The molecule has 20 heavy (non-hydrogen) atoms. The van der Waals surface area contributed by atoms with Crippen LogP contribution in [0.1, 0.15) is 19.4 Å². The van der Waals surface area contributed by atoms with Crippen molar-refractivity contribution in [2.45, 2.75) is 20.0 Å². The van der Waals surface area contributed by atoms with Gasteiger partial charge >= 0.3 is 5.97 Å². The first-order valence-electron chi connectivity index (χ1n) is 6.21. The number of nitriles is 1. The molecule has 4 heteroatoms. The molecule has 0 aliphatic heterocycles. The summed E-state index contributed by atoms with van der Waals surface area (Å²) in [6, 6.07) is 9.28. The largest absolute Gasteiger partial charge is 0.496 e. The second kappa shape index (κ2) is 7.80. The number of para-hydroxylation sites is 1. The molecule has 0 heterocycles. The quantitative estimate of drug-likeness (QED) is 0.357. The normalized spacial score (nSPS) is 11.4.